The van der Waals surface area contributed by atoms with Crippen molar-refractivity contribution >= 4 is 17.8 Å². The highest BCUT2D eigenvalue weighted by molar-refractivity contribution is 6.19. The molecule has 0 bridgehead atoms. The number of nitrogens with one attached hydrogen (secondary N) is 1. The topological polar surface area (TPSA) is 66.5 Å². The standard InChI is InChI=1S/C13H22N2O3/c1-5-8-9(4)15-11(17)13(6-2,7-3)10(16)14-12(15)18/h9H,5-8H2,1-4H3,(H,14,16,18). The van der Waals surface area contributed by atoms with E-state index in [4.69, 9.17) is 0 Å². The summed E-state index contributed by atoms with van der Waals surface area (Å²) in [4.78, 5) is 37.5. The molecule has 1 atom stereocenters. The number of rotatable bonds is 5. The zero-order valence-corrected chi connectivity index (χ0v) is 11.6. The Morgan fingerprint density at radius 2 is 1.72 bits per heavy atom. The van der Waals surface area contributed by atoms with Gasteiger partial charge >= 0.3 is 6.03 Å². The Hall–Kier alpha value is -1.39. The molecule has 1 saturated heterocycles. The van der Waals surface area contributed by atoms with Crippen molar-refractivity contribution in [2.75, 3.05) is 0 Å². The van der Waals surface area contributed by atoms with Crippen LogP contribution in [0.5, 0.6) is 0 Å². The SMILES string of the molecule is CCCC(C)N1C(=O)NC(=O)C(CC)(CC)C1=O. The van der Waals surface area contributed by atoms with Gasteiger partial charge in [-0.25, -0.2) is 4.79 Å². The highest BCUT2D eigenvalue weighted by Gasteiger charge is 2.52. The molecule has 1 aliphatic heterocycles. The Kier molecular flexibility index (Phi) is 4.48. The van der Waals surface area contributed by atoms with Crippen molar-refractivity contribution < 1.29 is 14.4 Å². The largest absolute Gasteiger partial charge is 0.331 e. The van der Waals surface area contributed by atoms with Crippen LogP contribution in [0, 0.1) is 5.41 Å². The first kappa shape index (κ1) is 14.7. The van der Waals surface area contributed by atoms with Gasteiger partial charge in [-0.1, -0.05) is 27.2 Å². The van der Waals surface area contributed by atoms with Gasteiger partial charge in [0.05, 0.1) is 0 Å². The molecule has 4 amide bonds. The third-order valence-electron chi connectivity index (χ3n) is 3.86. The maximum absolute atomic E-state index is 12.5. The van der Waals surface area contributed by atoms with Crippen LogP contribution in [0.2, 0.25) is 0 Å². The quantitative estimate of drug-likeness (QED) is 0.764. The first-order valence-corrected chi connectivity index (χ1v) is 6.63. The number of nitrogens with zero attached hydrogens (tertiary/aromatic N) is 1. The lowest BCUT2D eigenvalue weighted by Gasteiger charge is -2.40. The molecule has 0 aromatic rings. The predicted molar refractivity (Wildman–Crippen MR) is 67.8 cm³/mol. The summed E-state index contributed by atoms with van der Waals surface area (Å²) < 4.78 is 0. The molecule has 1 fully saturated rings. The van der Waals surface area contributed by atoms with Crippen LogP contribution in [0.3, 0.4) is 0 Å². The van der Waals surface area contributed by atoms with E-state index in [9.17, 15) is 14.4 Å². The van der Waals surface area contributed by atoms with Gasteiger partial charge in [-0.15, -0.1) is 0 Å². The Labute approximate surface area is 108 Å². The number of hydrogen-bond acceptors (Lipinski definition) is 3. The summed E-state index contributed by atoms with van der Waals surface area (Å²) in [7, 11) is 0. The molecule has 0 spiro atoms. The fraction of sp³-hybridized carbons (Fsp3) is 0.769. The van der Waals surface area contributed by atoms with Gasteiger partial charge in [-0.2, -0.15) is 0 Å². The van der Waals surface area contributed by atoms with E-state index in [1.165, 1.54) is 4.90 Å². The van der Waals surface area contributed by atoms with Crippen molar-refractivity contribution in [1.82, 2.24) is 10.2 Å². The maximum atomic E-state index is 12.5. The summed E-state index contributed by atoms with van der Waals surface area (Å²) in [6.07, 6.45) is 2.46. The Morgan fingerprint density at radius 1 is 1.17 bits per heavy atom. The lowest BCUT2D eigenvalue weighted by molar-refractivity contribution is -0.153. The number of imide groups is 2. The Bertz CT molecular complexity index is 361. The minimum absolute atomic E-state index is 0.173. The molecule has 0 aromatic heterocycles. The van der Waals surface area contributed by atoms with Crippen molar-refractivity contribution in [2.45, 2.75) is 59.4 Å². The van der Waals surface area contributed by atoms with E-state index in [-0.39, 0.29) is 11.9 Å². The van der Waals surface area contributed by atoms with E-state index in [0.717, 1.165) is 12.8 Å². The lowest BCUT2D eigenvalue weighted by atomic mass is 9.78. The molecule has 0 saturated carbocycles. The number of amides is 4. The molecule has 1 N–H and O–H groups in total. The number of barbiturate groups is 1. The molecular weight excluding hydrogens is 232 g/mol. The number of urea groups is 1. The van der Waals surface area contributed by atoms with Crippen LogP contribution >= 0.6 is 0 Å². The van der Waals surface area contributed by atoms with E-state index in [2.05, 4.69) is 5.32 Å². The zero-order chi connectivity index (χ0) is 13.9. The molecule has 1 aliphatic rings. The van der Waals surface area contributed by atoms with Gasteiger partial charge in [0.15, 0.2) is 0 Å². The predicted octanol–water partition coefficient (Wildman–Crippen LogP) is 2.06. The molecular formula is C13H22N2O3. The first-order valence-electron chi connectivity index (χ1n) is 6.63. The lowest BCUT2D eigenvalue weighted by Crippen LogP contribution is -2.65. The van der Waals surface area contributed by atoms with Gasteiger partial charge in [-0.05, 0) is 26.2 Å². The molecule has 0 aliphatic carbocycles. The molecule has 102 valence electrons. The monoisotopic (exact) mass is 254 g/mol. The fourth-order valence-corrected chi connectivity index (χ4v) is 2.52. The smallest absolute Gasteiger partial charge is 0.277 e. The average molecular weight is 254 g/mol. The summed E-state index contributed by atoms with van der Waals surface area (Å²) in [5.41, 5.74) is -1.07. The molecule has 0 aromatic carbocycles. The summed E-state index contributed by atoms with van der Waals surface area (Å²) in [6, 6.07) is -0.753. The summed E-state index contributed by atoms with van der Waals surface area (Å²) in [6.45, 7) is 7.45. The van der Waals surface area contributed by atoms with Crippen LogP contribution in [0.15, 0.2) is 0 Å². The summed E-state index contributed by atoms with van der Waals surface area (Å²) >= 11 is 0. The molecule has 5 heteroatoms. The van der Waals surface area contributed by atoms with Crippen molar-refractivity contribution in [3.63, 3.8) is 0 Å². The third-order valence-corrected chi connectivity index (χ3v) is 3.86. The van der Waals surface area contributed by atoms with Gasteiger partial charge < -0.3 is 0 Å². The van der Waals surface area contributed by atoms with Crippen molar-refractivity contribution in [2.24, 2.45) is 5.41 Å². The van der Waals surface area contributed by atoms with Crippen LogP contribution in [0.1, 0.15) is 53.4 Å². The zero-order valence-electron chi connectivity index (χ0n) is 11.6. The Balaban J connectivity index is 3.10. The van der Waals surface area contributed by atoms with Crippen LogP contribution in [0.25, 0.3) is 0 Å². The average Bonchev–Trinajstić information content (AvgIpc) is 2.30. The maximum Gasteiger partial charge on any atom is 0.331 e. The molecule has 1 heterocycles. The summed E-state index contributed by atoms with van der Waals surface area (Å²) in [5, 5.41) is 2.32. The second-order valence-corrected chi connectivity index (χ2v) is 4.86. The van der Waals surface area contributed by atoms with Crippen molar-refractivity contribution in [3.05, 3.63) is 0 Å². The first-order chi connectivity index (χ1) is 8.44. The van der Waals surface area contributed by atoms with E-state index in [1.54, 1.807) is 13.8 Å². The van der Waals surface area contributed by atoms with Crippen molar-refractivity contribution in [3.8, 4) is 0 Å². The number of carbonyl (C=O) groups is 3. The second-order valence-electron chi connectivity index (χ2n) is 4.86. The van der Waals surface area contributed by atoms with Crippen LogP contribution < -0.4 is 5.32 Å². The molecule has 5 nitrogen and oxygen atoms in total. The van der Waals surface area contributed by atoms with E-state index in [0.29, 0.717) is 12.8 Å². The van der Waals surface area contributed by atoms with Crippen LogP contribution in [0.4, 0.5) is 4.79 Å². The number of carbonyl (C=O) groups excluding carboxylic acids is 3. The van der Waals surface area contributed by atoms with Crippen LogP contribution in [-0.2, 0) is 9.59 Å². The van der Waals surface area contributed by atoms with E-state index >= 15 is 0 Å². The summed E-state index contributed by atoms with van der Waals surface area (Å²) in [5.74, 6) is -0.801. The van der Waals surface area contributed by atoms with Gasteiger partial charge in [0.1, 0.15) is 5.41 Å². The molecule has 1 rings (SSSR count). The minimum Gasteiger partial charge on any atom is -0.277 e. The van der Waals surface area contributed by atoms with Gasteiger partial charge in [-0.3, -0.25) is 19.8 Å². The van der Waals surface area contributed by atoms with E-state index in [1.807, 2.05) is 13.8 Å². The van der Waals surface area contributed by atoms with Crippen LogP contribution in [-0.4, -0.2) is 28.8 Å². The van der Waals surface area contributed by atoms with Gasteiger partial charge in [0.2, 0.25) is 11.8 Å². The van der Waals surface area contributed by atoms with Crippen molar-refractivity contribution in [1.29, 1.82) is 0 Å². The minimum atomic E-state index is -1.07. The molecule has 0 radical (unpaired) electrons. The third kappa shape index (κ3) is 2.13. The Morgan fingerprint density at radius 3 is 2.17 bits per heavy atom. The normalized spacial score (nSPS) is 20.9. The molecule has 1 unspecified atom stereocenters. The molecule has 18 heavy (non-hydrogen) atoms. The number of hydrogen-bond donors (Lipinski definition) is 1. The highest BCUT2D eigenvalue weighted by Crippen LogP contribution is 2.33. The van der Waals surface area contributed by atoms with E-state index < -0.39 is 17.4 Å². The van der Waals surface area contributed by atoms with Gasteiger partial charge in [0.25, 0.3) is 0 Å². The highest BCUT2D eigenvalue weighted by atomic mass is 16.2. The second kappa shape index (κ2) is 5.50. The fourth-order valence-electron chi connectivity index (χ4n) is 2.52. The van der Waals surface area contributed by atoms with Gasteiger partial charge in [0, 0.05) is 6.04 Å².